The van der Waals surface area contributed by atoms with Crippen LogP contribution in [0, 0.1) is 13.0 Å². The minimum absolute atomic E-state index is 0. The third-order valence-electron chi connectivity index (χ3n) is 11.8. The van der Waals surface area contributed by atoms with Gasteiger partial charge in [-0.15, -0.1) is 34.8 Å². The molecule has 0 fully saturated rings. The largest absolute Gasteiger partial charge is 2.00 e. The van der Waals surface area contributed by atoms with E-state index in [1.54, 1.807) is 0 Å². The summed E-state index contributed by atoms with van der Waals surface area (Å²) in [6, 6.07) is 61.7. The van der Waals surface area contributed by atoms with Gasteiger partial charge in [-0.05, 0) is 75.6 Å². The Balaban J connectivity index is 0.00000408. The molecule has 11 rings (SSSR count). The molecule has 0 atom stereocenters. The summed E-state index contributed by atoms with van der Waals surface area (Å²) in [6.07, 6.45) is 1.86. The second-order valence-corrected chi connectivity index (χ2v) is 15.4. The van der Waals surface area contributed by atoms with Crippen LogP contribution in [0.4, 0.5) is 0 Å². The maximum atomic E-state index is 5.52. The van der Waals surface area contributed by atoms with Gasteiger partial charge in [-0.2, -0.15) is 0 Å². The van der Waals surface area contributed by atoms with Crippen LogP contribution in [0.25, 0.3) is 88.7 Å². The van der Waals surface area contributed by atoms with E-state index in [0.717, 1.165) is 83.3 Å². The smallest absolute Gasteiger partial charge is 0.656 e. The summed E-state index contributed by atoms with van der Waals surface area (Å²) in [5.74, 6) is 1.71. The minimum Gasteiger partial charge on any atom is -0.656 e. The van der Waals surface area contributed by atoms with Crippen molar-refractivity contribution in [1.82, 2.24) is 24.1 Å². The SMILES string of the molecule is Cc1cc(C(C)(C)c2ccccc2)cc2c3ccc(-c4cccc5c4nc(-c4cccc6c4[n-]c4ccccc46)n5-c4ccccc4)[c-]c3n(-c3ccccn3)c12.[Pt+2]. The molecule has 0 aliphatic rings. The molecule has 58 heavy (non-hydrogen) atoms. The summed E-state index contributed by atoms with van der Waals surface area (Å²) in [5.41, 5.74) is 13.6. The number of hydrogen-bond acceptors (Lipinski definition) is 2. The van der Waals surface area contributed by atoms with Crippen molar-refractivity contribution >= 4 is 54.6 Å². The van der Waals surface area contributed by atoms with Crippen molar-refractivity contribution in [2.24, 2.45) is 0 Å². The van der Waals surface area contributed by atoms with Gasteiger partial charge in [-0.1, -0.05) is 146 Å². The van der Waals surface area contributed by atoms with E-state index in [1.165, 1.54) is 22.1 Å². The Labute approximate surface area is 350 Å². The van der Waals surface area contributed by atoms with Crippen LogP contribution in [0.5, 0.6) is 0 Å². The van der Waals surface area contributed by atoms with Crippen LogP contribution in [0.15, 0.2) is 170 Å². The van der Waals surface area contributed by atoms with Gasteiger partial charge < -0.3 is 9.55 Å². The average Bonchev–Trinajstić information content (AvgIpc) is 3.94. The van der Waals surface area contributed by atoms with Gasteiger partial charge >= 0.3 is 21.1 Å². The molecule has 6 heteroatoms. The molecule has 0 bridgehead atoms. The molecule has 0 spiro atoms. The number of para-hydroxylation sites is 4. The zero-order valence-corrected chi connectivity index (χ0v) is 34.5. The topological polar surface area (TPSA) is 49.7 Å². The first kappa shape index (κ1) is 35.8. The van der Waals surface area contributed by atoms with Crippen molar-refractivity contribution < 1.29 is 21.1 Å². The fourth-order valence-corrected chi connectivity index (χ4v) is 8.84. The Morgan fingerprint density at radius 2 is 1.33 bits per heavy atom. The number of nitrogens with zero attached hydrogens (tertiary/aromatic N) is 5. The number of hydrogen-bond donors (Lipinski definition) is 0. The number of imidazole rings is 1. The molecule has 0 aliphatic heterocycles. The van der Waals surface area contributed by atoms with E-state index in [0.29, 0.717) is 0 Å². The number of aromatic nitrogens is 5. The molecule has 0 unspecified atom stereocenters. The first-order chi connectivity index (χ1) is 28.0. The molecule has 5 nitrogen and oxygen atoms in total. The molecule has 0 aliphatic carbocycles. The van der Waals surface area contributed by atoms with Crippen molar-refractivity contribution in [2.45, 2.75) is 26.2 Å². The van der Waals surface area contributed by atoms with E-state index >= 15 is 0 Å². The van der Waals surface area contributed by atoms with Crippen molar-refractivity contribution in [1.29, 1.82) is 0 Å². The first-order valence-electron chi connectivity index (χ1n) is 19.5. The Kier molecular flexibility index (Phi) is 8.54. The van der Waals surface area contributed by atoms with E-state index in [-0.39, 0.29) is 26.5 Å². The Bertz CT molecular complexity index is 3320. The quantitative estimate of drug-likeness (QED) is 0.156. The van der Waals surface area contributed by atoms with Crippen LogP contribution >= 0.6 is 0 Å². The van der Waals surface area contributed by atoms with E-state index in [1.807, 2.05) is 18.3 Å². The van der Waals surface area contributed by atoms with Crippen LogP contribution in [0.2, 0.25) is 0 Å². The zero-order valence-electron chi connectivity index (χ0n) is 32.2. The molecular weight excluding hydrogens is 890 g/mol. The van der Waals surface area contributed by atoms with E-state index < -0.39 is 0 Å². The van der Waals surface area contributed by atoms with Crippen LogP contribution in [0.3, 0.4) is 0 Å². The number of aryl methyl sites for hydroxylation is 1. The molecule has 280 valence electrons. The predicted molar refractivity (Wildman–Crippen MR) is 235 cm³/mol. The van der Waals surface area contributed by atoms with Crippen LogP contribution in [0.1, 0.15) is 30.5 Å². The van der Waals surface area contributed by atoms with Crippen LogP contribution in [-0.2, 0) is 26.5 Å². The Hall–Kier alpha value is -6.55. The van der Waals surface area contributed by atoms with E-state index in [9.17, 15) is 0 Å². The molecule has 0 N–H and O–H groups in total. The molecule has 4 heterocycles. The predicted octanol–water partition coefficient (Wildman–Crippen LogP) is 12.5. The van der Waals surface area contributed by atoms with Gasteiger partial charge in [0.15, 0.2) is 0 Å². The van der Waals surface area contributed by atoms with Crippen molar-refractivity contribution in [3.05, 3.63) is 193 Å². The van der Waals surface area contributed by atoms with Gasteiger partial charge in [-0.3, -0.25) is 4.57 Å². The molecular formula is C52H37N5Pt. The summed E-state index contributed by atoms with van der Waals surface area (Å²) in [6.45, 7) is 6.84. The standard InChI is InChI=1S/C52H37N5.Pt/c1-33-30-36(52(2,3)35-16-6-4-7-17-35)32-43-40-28-27-34(31-46(40)57(50(33)43)47-26-12-13-29-53-47)38-21-15-25-45-49(38)55-51(56(45)37-18-8-5-9-19-37)42-23-14-22-41-39-20-10-11-24-44(39)54-48(41)42;/h4-30,32H,1-3H3;/q-2;+2. The number of benzene rings is 7. The van der Waals surface area contributed by atoms with E-state index in [2.05, 4.69) is 188 Å². The number of rotatable bonds is 6. The summed E-state index contributed by atoms with van der Waals surface area (Å²) >= 11 is 0. The second kappa shape index (κ2) is 13.8. The Morgan fingerprint density at radius 1 is 0.603 bits per heavy atom. The molecule has 0 saturated carbocycles. The molecule has 7 aromatic carbocycles. The average molecular weight is 927 g/mol. The van der Waals surface area contributed by atoms with E-state index in [4.69, 9.17) is 15.0 Å². The fourth-order valence-electron chi connectivity index (χ4n) is 8.84. The Morgan fingerprint density at radius 3 is 2.14 bits per heavy atom. The van der Waals surface area contributed by atoms with Gasteiger partial charge in [0, 0.05) is 28.4 Å². The van der Waals surface area contributed by atoms with Gasteiger partial charge in [0.1, 0.15) is 11.6 Å². The van der Waals surface area contributed by atoms with Gasteiger partial charge in [0.25, 0.3) is 0 Å². The third kappa shape index (κ3) is 5.49. The molecule has 11 aromatic rings. The normalized spacial score (nSPS) is 11.9. The zero-order chi connectivity index (χ0) is 38.3. The van der Waals surface area contributed by atoms with Crippen molar-refractivity contribution in [3.63, 3.8) is 0 Å². The van der Waals surface area contributed by atoms with Crippen molar-refractivity contribution in [2.75, 3.05) is 0 Å². The third-order valence-corrected chi connectivity index (χ3v) is 11.8. The molecule has 0 radical (unpaired) electrons. The monoisotopic (exact) mass is 926 g/mol. The number of fused-ring (bicyclic) bond motifs is 7. The van der Waals surface area contributed by atoms with Gasteiger partial charge in [0.2, 0.25) is 0 Å². The summed E-state index contributed by atoms with van der Waals surface area (Å²) in [5, 5.41) is 4.60. The molecule has 0 saturated heterocycles. The van der Waals surface area contributed by atoms with Crippen LogP contribution in [-0.4, -0.2) is 19.1 Å². The summed E-state index contributed by atoms with van der Waals surface area (Å²) in [4.78, 5) is 15.6. The maximum absolute atomic E-state index is 5.52. The number of pyridine rings is 1. The van der Waals surface area contributed by atoms with Gasteiger partial charge in [0.05, 0.1) is 11.0 Å². The second-order valence-electron chi connectivity index (χ2n) is 15.4. The fraction of sp³-hybridized carbons (Fsp3) is 0.0769. The molecule has 4 aromatic heterocycles. The van der Waals surface area contributed by atoms with Gasteiger partial charge in [-0.25, -0.2) is 9.97 Å². The first-order valence-corrected chi connectivity index (χ1v) is 19.5. The maximum Gasteiger partial charge on any atom is 2.00 e. The van der Waals surface area contributed by atoms with Crippen molar-refractivity contribution in [3.8, 4) is 34.0 Å². The minimum atomic E-state index is -0.191. The van der Waals surface area contributed by atoms with Crippen LogP contribution < -0.4 is 4.98 Å². The molecule has 0 amide bonds. The summed E-state index contributed by atoms with van der Waals surface area (Å²) in [7, 11) is 0. The summed E-state index contributed by atoms with van der Waals surface area (Å²) < 4.78 is 4.55.